The summed E-state index contributed by atoms with van der Waals surface area (Å²) in [7, 11) is 0. The van der Waals surface area contributed by atoms with Crippen molar-refractivity contribution in [3.63, 3.8) is 0 Å². The summed E-state index contributed by atoms with van der Waals surface area (Å²) in [5.41, 5.74) is 8.07. The lowest BCUT2D eigenvalue weighted by Gasteiger charge is -2.08. The Morgan fingerprint density at radius 3 is 2.50 bits per heavy atom. The SMILES string of the molecule is CCOC(=O)c1ccc(Sc2ccc(N)cc2)c(C)c1. The molecule has 0 aliphatic rings. The smallest absolute Gasteiger partial charge is 0.338 e. The van der Waals surface area contributed by atoms with Crippen LogP contribution in [0.2, 0.25) is 0 Å². The van der Waals surface area contributed by atoms with E-state index in [9.17, 15) is 4.79 Å². The quantitative estimate of drug-likeness (QED) is 0.684. The van der Waals surface area contributed by atoms with Gasteiger partial charge in [0.1, 0.15) is 0 Å². The maximum Gasteiger partial charge on any atom is 0.338 e. The molecule has 0 unspecified atom stereocenters. The number of ether oxygens (including phenoxy) is 1. The lowest BCUT2D eigenvalue weighted by molar-refractivity contribution is 0.0526. The van der Waals surface area contributed by atoms with E-state index < -0.39 is 0 Å². The number of hydrogen-bond acceptors (Lipinski definition) is 4. The van der Waals surface area contributed by atoms with E-state index >= 15 is 0 Å². The standard InChI is InChI=1S/C16H17NO2S/c1-3-19-16(18)12-4-9-15(11(2)10-12)20-14-7-5-13(17)6-8-14/h4-10H,3,17H2,1-2H3. The van der Waals surface area contributed by atoms with Crippen molar-refractivity contribution in [1.29, 1.82) is 0 Å². The number of esters is 1. The Morgan fingerprint density at radius 2 is 1.90 bits per heavy atom. The summed E-state index contributed by atoms with van der Waals surface area (Å²) in [5.74, 6) is -0.278. The number of carbonyl (C=O) groups is 1. The van der Waals surface area contributed by atoms with Crippen LogP contribution in [-0.4, -0.2) is 12.6 Å². The van der Waals surface area contributed by atoms with Crippen LogP contribution in [0.3, 0.4) is 0 Å². The summed E-state index contributed by atoms with van der Waals surface area (Å²) in [4.78, 5) is 13.9. The predicted octanol–water partition coefficient (Wildman–Crippen LogP) is 3.91. The molecule has 0 amide bonds. The Bertz CT molecular complexity index is 608. The minimum atomic E-state index is -0.278. The maximum absolute atomic E-state index is 11.7. The molecular formula is C16H17NO2S. The van der Waals surface area contributed by atoms with Gasteiger partial charge in [0.25, 0.3) is 0 Å². The van der Waals surface area contributed by atoms with Crippen molar-refractivity contribution < 1.29 is 9.53 Å². The van der Waals surface area contributed by atoms with Gasteiger partial charge in [0, 0.05) is 15.5 Å². The molecule has 2 aromatic rings. The molecule has 0 aliphatic carbocycles. The van der Waals surface area contributed by atoms with E-state index in [1.807, 2.05) is 43.3 Å². The maximum atomic E-state index is 11.7. The van der Waals surface area contributed by atoms with E-state index in [0.717, 1.165) is 21.0 Å². The first kappa shape index (κ1) is 14.5. The van der Waals surface area contributed by atoms with E-state index in [4.69, 9.17) is 10.5 Å². The van der Waals surface area contributed by atoms with Gasteiger partial charge >= 0.3 is 5.97 Å². The molecule has 0 fully saturated rings. The molecule has 0 saturated carbocycles. The molecule has 0 atom stereocenters. The van der Waals surface area contributed by atoms with Crippen LogP contribution >= 0.6 is 11.8 Å². The molecule has 0 heterocycles. The Balaban J connectivity index is 2.17. The summed E-state index contributed by atoms with van der Waals surface area (Å²) in [6, 6.07) is 13.3. The van der Waals surface area contributed by atoms with Crippen molar-refractivity contribution in [3.05, 3.63) is 53.6 Å². The summed E-state index contributed by atoms with van der Waals surface area (Å²) in [5, 5.41) is 0. The molecule has 2 N–H and O–H groups in total. The summed E-state index contributed by atoms with van der Waals surface area (Å²) >= 11 is 1.65. The average molecular weight is 287 g/mol. The van der Waals surface area contributed by atoms with Gasteiger partial charge < -0.3 is 10.5 Å². The van der Waals surface area contributed by atoms with Crippen molar-refractivity contribution in [2.24, 2.45) is 0 Å². The van der Waals surface area contributed by atoms with Gasteiger partial charge in [0.2, 0.25) is 0 Å². The van der Waals surface area contributed by atoms with Gasteiger partial charge in [0.05, 0.1) is 12.2 Å². The second-order valence-electron chi connectivity index (χ2n) is 4.37. The molecule has 0 saturated heterocycles. The Kier molecular flexibility index (Phi) is 4.69. The minimum absolute atomic E-state index is 0.278. The largest absolute Gasteiger partial charge is 0.462 e. The summed E-state index contributed by atoms with van der Waals surface area (Å²) in [6.45, 7) is 4.18. The summed E-state index contributed by atoms with van der Waals surface area (Å²) < 4.78 is 4.99. The molecule has 3 nitrogen and oxygen atoms in total. The first-order valence-electron chi connectivity index (χ1n) is 6.41. The zero-order chi connectivity index (χ0) is 14.5. The first-order valence-corrected chi connectivity index (χ1v) is 7.23. The number of nitrogen functional groups attached to an aromatic ring is 1. The Labute approximate surface area is 123 Å². The number of hydrogen-bond donors (Lipinski definition) is 1. The third kappa shape index (κ3) is 3.54. The van der Waals surface area contributed by atoms with Gasteiger partial charge in [-0.1, -0.05) is 11.8 Å². The second kappa shape index (κ2) is 6.48. The second-order valence-corrected chi connectivity index (χ2v) is 5.49. The molecule has 0 aliphatic heterocycles. The zero-order valence-electron chi connectivity index (χ0n) is 11.6. The number of aryl methyl sites for hydroxylation is 1. The van der Waals surface area contributed by atoms with Crippen LogP contribution in [0.4, 0.5) is 5.69 Å². The topological polar surface area (TPSA) is 52.3 Å². The molecule has 0 aromatic heterocycles. The number of anilines is 1. The molecule has 104 valence electrons. The highest BCUT2D eigenvalue weighted by atomic mass is 32.2. The number of benzene rings is 2. The van der Waals surface area contributed by atoms with E-state index in [1.165, 1.54) is 0 Å². The van der Waals surface area contributed by atoms with Crippen molar-refractivity contribution >= 4 is 23.4 Å². The van der Waals surface area contributed by atoms with Crippen molar-refractivity contribution in [3.8, 4) is 0 Å². The zero-order valence-corrected chi connectivity index (χ0v) is 12.4. The normalized spacial score (nSPS) is 10.3. The molecule has 2 rings (SSSR count). The van der Waals surface area contributed by atoms with Gasteiger partial charge in [-0.25, -0.2) is 4.79 Å². The third-order valence-electron chi connectivity index (χ3n) is 2.79. The number of carbonyl (C=O) groups excluding carboxylic acids is 1. The van der Waals surface area contributed by atoms with Crippen LogP contribution in [0.1, 0.15) is 22.8 Å². The van der Waals surface area contributed by atoms with Crippen LogP contribution in [0.5, 0.6) is 0 Å². The summed E-state index contributed by atoms with van der Waals surface area (Å²) in [6.07, 6.45) is 0. The highest BCUT2D eigenvalue weighted by Crippen LogP contribution is 2.31. The van der Waals surface area contributed by atoms with Crippen molar-refractivity contribution in [2.75, 3.05) is 12.3 Å². The van der Waals surface area contributed by atoms with Crippen molar-refractivity contribution in [1.82, 2.24) is 0 Å². The fourth-order valence-corrected chi connectivity index (χ4v) is 2.65. The molecule has 0 radical (unpaired) electrons. The van der Waals surface area contributed by atoms with Crippen LogP contribution in [0, 0.1) is 6.92 Å². The molecular weight excluding hydrogens is 270 g/mol. The van der Waals surface area contributed by atoms with Gasteiger partial charge in [-0.3, -0.25) is 0 Å². The van der Waals surface area contributed by atoms with Gasteiger partial charge in [0.15, 0.2) is 0 Å². The van der Waals surface area contributed by atoms with Crippen molar-refractivity contribution in [2.45, 2.75) is 23.6 Å². The lowest BCUT2D eigenvalue weighted by atomic mass is 10.1. The first-order chi connectivity index (χ1) is 9.60. The van der Waals surface area contributed by atoms with E-state index in [2.05, 4.69) is 0 Å². The van der Waals surface area contributed by atoms with E-state index in [-0.39, 0.29) is 5.97 Å². The molecule has 2 aromatic carbocycles. The average Bonchev–Trinajstić information content (AvgIpc) is 2.43. The fraction of sp³-hybridized carbons (Fsp3) is 0.188. The molecule has 0 bridgehead atoms. The highest BCUT2D eigenvalue weighted by Gasteiger charge is 2.09. The van der Waals surface area contributed by atoms with E-state index in [0.29, 0.717) is 12.2 Å². The van der Waals surface area contributed by atoms with Gasteiger partial charge in [-0.2, -0.15) is 0 Å². The number of rotatable bonds is 4. The molecule has 4 heteroatoms. The lowest BCUT2D eigenvalue weighted by Crippen LogP contribution is -2.04. The monoisotopic (exact) mass is 287 g/mol. The van der Waals surface area contributed by atoms with Gasteiger partial charge in [-0.15, -0.1) is 0 Å². The number of nitrogens with two attached hydrogens (primary N) is 1. The van der Waals surface area contributed by atoms with E-state index in [1.54, 1.807) is 24.8 Å². The minimum Gasteiger partial charge on any atom is -0.462 e. The Hall–Kier alpha value is -1.94. The highest BCUT2D eigenvalue weighted by molar-refractivity contribution is 7.99. The van der Waals surface area contributed by atoms with Gasteiger partial charge in [-0.05, 0) is 61.9 Å². The molecule has 0 spiro atoms. The van der Waals surface area contributed by atoms with Crippen LogP contribution in [0.15, 0.2) is 52.3 Å². The van der Waals surface area contributed by atoms with Crippen LogP contribution < -0.4 is 5.73 Å². The predicted molar refractivity (Wildman–Crippen MR) is 82.1 cm³/mol. The molecule has 20 heavy (non-hydrogen) atoms. The van der Waals surface area contributed by atoms with Crippen LogP contribution in [0.25, 0.3) is 0 Å². The van der Waals surface area contributed by atoms with Crippen LogP contribution in [-0.2, 0) is 4.74 Å². The fourth-order valence-electron chi connectivity index (χ4n) is 1.77. The Morgan fingerprint density at radius 1 is 1.20 bits per heavy atom. The third-order valence-corrected chi connectivity index (χ3v) is 3.98.